The van der Waals surface area contributed by atoms with Crippen molar-refractivity contribution in [2.45, 2.75) is 66.2 Å². The molecule has 0 saturated carbocycles. The van der Waals surface area contributed by atoms with Gasteiger partial charge in [-0.2, -0.15) is 13.5 Å². The van der Waals surface area contributed by atoms with Gasteiger partial charge in [0, 0.05) is 0 Å². The molecule has 25 heavy (non-hydrogen) atoms. The van der Waals surface area contributed by atoms with Gasteiger partial charge in [-0.1, -0.05) is 43.7 Å². The summed E-state index contributed by atoms with van der Waals surface area (Å²) in [6.07, 6.45) is -0.119. The fraction of sp³-hybridized carbons (Fsp3) is 0.579. The number of alkyl carbamates (subject to hydrolysis) is 1. The van der Waals surface area contributed by atoms with Crippen LogP contribution >= 0.6 is 13.5 Å². The fourth-order valence-electron chi connectivity index (χ4n) is 2.07. The van der Waals surface area contributed by atoms with Gasteiger partial charge < -0.3 is 14.8 Å². The zero-order valence-electron chi connectivity index (χ0n) is 16.0. The van der Waals surface area contributed by atoms with Crippen molar-refractivity contribution in [1.82, 2.24) is 5.32 Å². The lowest BCUT2D eigenvalue weighted by molar-refractivity contribution is -0.148. The normalized spacial score (nSPS) is 12.1. The fourth-order valence-corrected chi connectivity index (χ4v) is 2.07. The van der Waals surface area contributed by atoms with Crippen molar-refractivity contribution >= 4 is 25.6 Å². The second-order valence-corrected chi connectivity index (χ2v) is 7.42. The molecule has 0 aromatic heterocycles. The van der Waals surface area contributed by atoms with E-state index in [-0.39, 0.29) is 26.0 Å². The third-order valence-electron chi connectivity index (χ3n) is 3.18. The number of nitrogens with one attached hydrogen (secondary N) is 1. The summed E-state index contributed by atoms with van der Waals surface area (Å²) in [5.74, 6) is -0.216. The highest BCUT2D eigenvalue weighted by Crippen LogP contribution is 2.12. The topological polar surface area (TPSA) is 64.6 Å². The van der Waals surface area contributed by atoms with Gasteiger partial charge in [0.15, 0.2) is 0 Å². The molecule has 1 amide bonds. The van der Waals surface area contributed by atoms with Crippen LogP contribution in [0.5, 0.6) is 0 Å². The summed E-state index contributed by atoms with van der Waals surface area (Å²) in [5, 5.41) is 2.61. The molecule has 0 radical (unpaired) electrons. The number of rotatable bonds is 6. The van der Waals surface area contributed by atoms with Crippen LogP contribution in [0.3, 0.4) is 0 Å². The molecule has 0 fully saturated rings. The SMILES string of the molecule is Cc1ccc(COC(=O)[C@H](CC(C)C)NC(=O)OC(C)(C)C)cc1.S. The van der Waals surface area contributed by atoms with Gasteiger partial charge in [-0.05, 0) is 45.6 Å². The molecule has 0 unspecified atom stereocenters. The van der Waals surface area contributed by atoms with Gasteiger partial charge in [-0.15, -0.1) is 0 Å². The molecule has 5 nitrogen and oxygen atoms in total. The summed E-state index contributed by atoms with van der Waals surface area (Å²) in [4.78, 5) is 24.3. The standard InChI is InChI=1S/C19H29NO4.H2S/c1-13(2)11-16(20-18(22)24-19(4,5)6)17(21)23-12-15-9-7-14(3)8-10-15;/h7-10,13,16H,11-12H2,1-6H3,(H,20,22);1H2/t16-;/m0./s1. The molecule has 142 valence electrons. The number of ether oxygens (including phenoxy) is 2. The predicted molar refractivity (Wildman–Crippen MR) is 104 cm³/mol. The second-order valence-electron chi connectivity index (χ2n) is 7.42. The van der Waals surface area contributed by atoms with E-state index < -0.39 is 23.7 Å². The average molecular weight is 370 g/mol. The van der Waals surface area contributed by atoms with E-state index in [1.807, 2.05) is 45.0 Å². The molecule has 0 bridgehead atoms. The van der Waals surface area contributed by atoms with E-state index in [0.717, 1.165) is 11.1 Å². The van der Waals surface area contributed by atoms with Crippen LogP contribution in [0.4, 0.5) is 4.79 Å². The smallest absolute Gasteiger partial charge is 0.408 e. The number of benzene rings is 1. The van der Waals surface area contributed by atoms with Crippen LogP contribution in [0.2, 0.25) is 0 Å². The number of carbonyl (C=O) groups excluding carboxylic acids is 2. The van der Waals surface area contributed by atoms with E-state index in [2.05, 4.69) is 5.32 Å². The van der Waals surface area contributed by atoms with Crippen molar-refractivity contribution in [2.75, 3.05) is 0 Å². The zero-order chi connectivity index (χ0) is 18.3. The third kappa shape index (κ3) is 10.0. The quantitative estimate of drug-likeness (QED) is 0.767. The van der Waals surface area contributed by atoms with Crippen LogP contribution < -0.4 is 5.32 Å². The Morgan fingerprint density at radius 1 is 1.12 bits per heavy atom. The number of carbonyl (C=O) groups is 2. The van der Waals surface area contributed by atoms with Crippen LogP contribution in [0.1, 0.15) is 52.2 Å². The molecule has 0 spiro atoms. The summed E-state index contributed by atoms with van der Waals surface area (Å²) < 4.78 is 10.6. The van der Waals surface area contributed by atoms with E-state index in [9.17, 15) is 9.59 Å². The lowest BCUT2D eigenvalue weighted by Crippen LogP contribution is -2.44. The molecule has 0 heterocycles. The van der Waals surface area contributed by atoms with E-state index >= 15 is 0 Å². The van der Waals surface area contributed by atoms with E-state index in [0.29, 0.717) is 6.42 Å². The first-order valence-electron chi connectivity index (χ1n) is 8.28. The number of hydrogen-bond donors (Lipinski definition) is 1. The zero-order valence-corrected chi connectivity index (χ0v) is 17.0. The minimum Gasteiger partial charge on any atom is -0.459 e. The van der Waals surface area contributed by atoms with Crippen molar-refractivity contribution in [3.63, 3.8) is 0 Å². The Bertz CT molecular complexity index is 550. The molecule has 1 rings (SSSR count). The average Bonchev–Trinajstić information content (AvgIpc) is 2.43. The molecule has 1 aromatic rings. The maximum absolute atomic E-state index is 12.3. The number of esters is 1. The molecule has 0 aliphatic rings. The minimum absolute atomic E-state index is 0. The van der Waals surface area contributed by atoms with Crippen LogP contribution in [-0.2, 0) is 20.9 Å². The molecule has 6 heteroatoms. The van der Waals surface area contributed by atoms with Gasteiger partial charge >= 0.3 is 12.1 Å². The van der Waals surface area contributed by atoms with Crippen molar-refractivity contribution in [2.24, 2.45) is 5.92 Å². The second kappa shape index (κ2) is 10.3. The Hall–Kier alpha value is -1.69. The van der Waals surface area contributed by atoms with Crippen molar-refractivity contribution in [3.05, 3.63) is 35.4 Å². The summed E-state index contributed by atoms with van der Waals surface area (Å²) in [5.41, 5.74) is 1.45. The van der Waals surface area contributed by atoms with Crippen molar-refractivity contribution in [1.29, 1.82) is 0 Å². The van der Waals surface area contributed by atoms with Gasteiger partial charge in [-0.25, -0.2) is 9.59 Å². The Labute approximate surface area is 157 Å². The highest BCUT2D eigenvalue weighted by Gasteiger charge is 2.26. The van der Waals surface area contributed by atoms with Gasteiger partial charge in [0.05, 0.1) is 0 Å². The first-order chi connectivity index (χ1) is 11.1. The van der Waals surface area contributed by atoms with Gasteiger partial charge in [0.1, 0.15) is 18.2 Å². The first-order valence-corrected chi connectivity index (χ1v) is 8.28. The van der Waals surface area contributed by atoms with Crippen LogP contribution in [-0.4, -0.2) is 23.7 Å². The number of amides is 1. The first kappa shape index (κ1) is 23.3. The van der Waals surface area contributed by atoms with Gasteiger partial charge in [-0.3, -0.25) is 0 Å². The van der Waals surface area contributed by atoms with E-state index in [4.69, 9.17) is 9.47 Å². The largest absolute Gasteiger partial charge is 0.459 e. The molecule has 1 atom stereocenters. The summed E-state index contributed by atoms with van der Waals surface area (Å²) in [6, 6.07) is 7.05. The molecular weight excluding hydrogens is 338 g/mol. The summed E-state index contributed by atoms with van der Waals surface area (Å²) >= 11 is 0. The molecular formula is C19H31NO4S. The highest BCUT2D eigenvalue weighted by molar-refractivity contribution is 7.59. The lowest BCUT2D eigenvalue weighted by Gasteiger charge is -2.23. The molecule has 0 aliphatic carbocycles. The van der Waals surface area contributed by atoms with E-state index in [1.54, 1.807) is 20.8 Å². The third-order valence-corrected chi connectivity index (χ3v) is 3.18. The van der Waals surface area contributed by atoms with Gasteiger partial charge in [0.2, 0.25) is 0 Å². The molecule has 1 aromatic carbocycles. The van der Waals surface area contributed by atoms with Crippen LogP contribution in [0, 0.1) is 12.8 Å². The summed E-state index contributed by atoms with van der Waals surface area (Å²) in [6.45, 7) is 11.5. The Morgan fingerprint density at radius 3 is 2.16 bits per heavy atom. The number of hydrogen-bond acceptors (Lipinski definition) is 4. The van der Waals surface area contributed by atoms with Crippen LogP contribution in [0.25, 0.3) is 0 Å². The maximum Gasteiger partial charge on any atom is 0.408 e. The monoisotopic (exact) mass is 369 g/mol. The van der Waals surface area contributed by atoms with Crippen molar-refractivity contribution in [3.8, 4) is 0 Å². The Kier molecular flexibility index (Phi) is 9.64. The Morgan fingerprint density at radius 2 is 1.68 bits per heavy atom. The Balaban J connectivity index is 0.00000576. The van der Waals surface area contributed by atoms with Crippen molar-refractivity contribution < 1.29 is 19.1 Å². The molecule has 1 N–H and O–H groups in total. The number of aryl methyl sites for hydroxylation is 1. The minimum atomic E-state index is -0.717. The predicted octanol–water partition coefficient (Wildman–Crippen LogP) is 4.09. The summed E-state index contributed by atoms with van der Waals surface area (Å²) in [7, 11) is 0. The molecule has 0 aliphatic heterocycles. The molecule has 0 saturated heterocycles. The maximum atomic E-state index is 12.3. The van der Waals surface area contributed by atoms with E-state index in [1.165, 1.54) is 0 Å². The highest BCUT2D eigenvalue weighted by atomic mass is 32.1. The van der Waals surface area contributed by atoms with Gasteiger partial charge in [0.25, 0.3) is 0 Å². The lowest BCUT2D eigenvalue weighted by atomic mass is 10.0. The van der Waals surface area contributed by atoms with Crippen LogP contribution in [0.15, 0.2) is 24.3 Å².